The van der Waals surface area contributed by atoms with E-state index in [4.69, 9.17) is 15.0 Å². The van der Waals surface area contributed by atoms with Crippen LogP contribution in [-0.4, -0.2) is 13.2 Å². The van der Waals surface area contributed by atoms with E-state index >= 15 is 0 Å². The molecule has 0 spiro atoms. The number of rotatable bonds is 5. The fourth-order valence-electron chi connectivity index (χ4n) is 1.87. The Labute approximate surface area is 97.3 Å². The van der Waals surface area contributed by atoms with E-state index in [1.54, 1.807) is 13.4 Å². The molecule has 1 aromatic heterocycles. The minimum absolute atomic E-state index is 0.0810. The molecule has 4 nitrogen and oxygen atoms in total. The van der Waals surface area contributed by atoms with Crippen molar-refractivity contribution in [1.82, 2.24) is 5.43 Å². The molecule has 0 aromatic carbocycles. The highest BCUT2D eigenvalue weighted by Gasteiger charge is 2.39. The van der Waals surface area contributed by atoms with Gasteiger partial charge in [-0.2, -0.15) is 0 Å². The fraction of sp³-hybridized carbons (Fsp3) is 0.600. The summed E-state index contributed by atoms with van der Waals surface area (Å²) in [6, 6.07) is 1.77. The largest absolute Gasteiger partial charge is 0.466 e. The van der Waals surface area contributed by atoms with Crippen LogP contribution in [0.4, 0.5) is 0 Å². The van der Waals surface area contributed by atoms with Crippen molar-refractivity contribution in [2.24, 2.45) is 11.8 Å². The lowest BCUT2D eigenvalue weighted by Crippen LogP contribution is -2.38. The van der Waals surface area contributed by atoms with Gasteiger partial charge in [-0.15, -0.1) is 0 Å². The number of hydrogen-bond donors (Lipinski definition) is 2. The Morgan fingerprint density at radius 1 is 1.67 bits per heavy atom. The molecule has 84 valence electrons. The molecule has 2 atom stereocenters. The van der Waals surface area contributed by atoms with E-state index in [9.17, 15) is 0 Å². The topological polar surface area (TPSA) is 60.4 Å². The first-order valence-corrected chi connectivity index (χ1v) is 5.79. The zero-order valence-corrected chi connectivity index (χ0v) is 10.2. The Balaban J connectivity index is 2.18. The van der Waals surface area contributed by atoms with Crippen molar-refractivity contribution in [3.8, 4) is 0 Å². The number of halogens is 1. The third-order valence-corrected chi connectivity index (χ3v) is 3.45. The molecule has 0 amide bonds. The van der Waals surface area contributed by atoms with Crippen LogP contribution in [0.25, 0.3) is 0 Å². The predicted octanol–water partition coefficient (Wildman–Crippen LogP) is 1.97. The van der Waals surface area contributed by atoms with Crippen LogP contribution in [-0.2, 0) is 4.74 Å². The van der Waals surface area contributed by atoms with Gasteiger partial charge in [0, 0.05) is 7.11 Å². The third-order valence-electron chi connectivity index (χ3n) is 2.79. The molecule has 2 rings (SSSR count). The number of hydrazine groups is 1. The first-order chi connectivity index (χ1) is 7.27. The highest BCUT2D eigenvalue weighted by Crippen LogP contribution is 2.40. The van der Waals surface area contributed by atoms with Crippen molar-refractivity contribution in [2.45, 2.75) is 25.0 Å². The quantitative estimate of drug-likeness (QED) is 0.637. The Kier molecular flexibility index (Phi) is 3.45. The summed E-state index contributed by atoms with van der Waals surface area (Å²) >= 11 is 3.43. The molecule has 1 fully saturated rings. The van der Waals surface area contributed by atoms with Crippen LogP contribution < -0.4 is 11.3 Å². The first kappa shape index (κ1) is 11.1. The smallest absolute Gasteiger partial charge is 0.138 e. The highest BCUT2D eigenvalue weighted by atomic mass is 79.9. The maximum atomic E-state index is 5.56. The van der Waals surface area contributed by atoms with Gasteiger partial charge in [0.05, 0.1) is 16.8 Å². The standard InChI is InChI=1S/C10H15BrN2O2/c1-14-9(6-2-3-6)8(13-12)10-7(11)4-5-15-10/h4-6,8-9,13H,2-3,12H2,1H3. The van der Waals surface area contributed by atoms with E-state index < -0.39 is 0 Å². The van der Waals surface area contributed by atoms with E-state index in [1.807, 2.05) is 6.07 Å². The molecule has 15 heavy (non-hydrogen) atoms. The maximum absolute atomic E-state index is 5.56. The van der Waals surface area contributed by atoms with Gasteiger partial charge in [-0.1, -0.05) is 0 Å². The van der Waals surface area contributed by atoms with Gasteiger partial charge in [0.25, 0.3) is 0 Å². The average molecular weight is 275 g/mol. The summed E-state index contributed by atoms with van der Waals surface area (Å²) in [7, 11) is 1.71. The van der Waals surface area contributed by atoms with Gasteiger partial charge in [0.15, 0.2) is 0 Å². The van der Waals surface area contributed by atoms with Crippen molar-refractivity contribution >= 4 is 15.9 Å². The van der Waals surface area contributed by atoms with Crippen molar-refractivity contribution in [3.63, 3.8) is 0 Å². The SMILES string of the molecule is COC(C1CC1)C(NN)c1occc1Br. The summed E-state index contributed by atoms with van der Waals surface area (Å²) < 4.78 is 11.8. The minimum atomic E-state index is -0.0909. The van der Waals surface area contributed by atoms with Crippen LogP contribution in [0, 0.1) is 5.92 Å². The summed E-state index contributed by atoms with van der Waals surface area (Å²) in [5.74, 6) is 6.96. The van der Waals surface area contributed by atoms with Crippen LogP contribution in [0.15, 0.2) is 21.2 Å². The van der Waals surface area contributed by atoms with Crippen LogP contribution in [0.2, 0.25) is 0 Å². The second-order valence-corrected chi connectivity index (χ2v) is 4.67. The molecule has 1 aliphatic carbocycles. The summed E-state index contributed by atoms with van der Waals surface area (Å²) in [6.45, 7) is 0. The van der Waals surface area contributed by atoms with Gasteiger partial charge < -0.3 is 9.15 Å². The first-order valence-electron chi connectivity index (χ1n) is 4.99. The number of furan rings is 1. The molecule has 0 saturated heterocycles. The van der Waals surface area contributed by atoms with Crippen molar-refractivity contribution in [1.29, 1.82) is 0 Å². The van der Waals surface area contributed by atoms with E-state index in [2.05, 4.69) is 21.4 Å². The molecule has 5 heteroatoms. The zero-order chi connectivity index (χ0) is 10.8. The number of methoxy groups -OCH3 is 1. The number of hydrogen-bond acceptors (Lipinski definition) is 4. The monoisotopic (exact) mass is 274 g/mol. The van der Waals surface area contributed by atoms with Gasteiger partial charge in [-0.3, -0.25) is 5.84 Å². The lowest BCUT2D eigenvalue weighted by Gasteiger charge is -2.23. The number of nitrogens with one attached hydrogen (secondary N) is 1. The summed E-state index contributed by atoms with van der Waals surface area (Å²) in [5, 5.41) is 0. The Morgan fingerprint density at radius 3 is 2.80 bits per heavy atom. The van der Waals surface area contributed by atoms with Crippen molar-refractivity contribution < 1.29 is 9.15 Å². The molecular weight excluding hydrogens is 260 g/mol. The second kappa shape index (κ2) is 4.65. The molecule has 2 unspecified atom stereocenters. The predicted molar refractivity (Wildman–Crippen MR) is 60.0 cm³/mol. The van der Waals surface area contributed by atoms with Gasteiger partial charge in [0.2, 0.25) is 0 Å². The lowest BCUT2D eigenvalue weighted by molar-refractivity contribution is 0.0436. The summed E-state index contributed by atoms with van der Waals surface area (Å²) in [5.41, 5.74) is 2.77. The fourth-order valence-corrected chi connectivity index (χ4v) is 2.32. The molecule has 3 N–H and O–H groups in total. The van der Waals surface area contributed by atoms with E-state index in [0.717, 1.165) is 10.2 Å². The average Bonchev–Trinajstić information content (AvgIpc) is 2.99. The Morgan fingerprint density at radius 2 is 2.40 bits per heavy atom. The van der Waals surface area contributed by atoms with Crippen LogP contribution >= 0.6 is 15.9 Å². The maximum Gasteiger partial charge on any atom is 0.138 e. The van der Waals surface area contributed by atoms with Gasteiger partial charge in [-0.25, -0.2) is 5.43 Å². The molecule has 0 bridgehead atoms. The second-order valence-electron chi connectivity index (χ2n) is 3.81. The number of ether oxygens (including phenoxy) is 1. The highest BCUT2D eigenvalue weighted by molar-refractivity contribution is 9.10. The normalized spacial score (nSPS) is 20.2. The molecule has 1 saturated carbocycles. The van der Waals surface area contributed by atoms with Crippen LogP contribution in [0.1, 0.15) is 24.6 Å². The molecule has 1 aromatic rings. The Hall–Kier alpha value is -0.360. The zero-order valence-electron chi connectivity index (χ0n) is 8.57. The third kappa shape index (κ3) is 2.25. The lowest BCUT2D eigenvalue weighted by atomic mass is 10.0. The minimum Gasteiger partial charge on any atom is -0.466 e. The van der Waals surface area contributed by atoms with Gasteiger partial charge in [-0.05, 0) is 40.8 Å². The van der Waals surface area contributed by atoms with E-state index in [1.165, 1.54) is 12.8 Å². The van der Waals surface area contributed by atoms with Crippen LogP contribution in [0.3, 0.4) is 0 Å². The summed E-state index contributed by atoms with van der Waals surface area (Å²) in [6.07, 6.45) is 4.13. The van der Waals surface area contributed by atoms with Crippen LogP contribution in [0.5, 0.6) is 0 Å². The van der Waals surface area contributed by atoms with Gasteiger partial charge in [0.1, 0.15) is 11.8 Å². The molecule has 1 heterocycles. The van der Waals surface area contributed by atoms with Gasteiger partial charge >= 0.3 is 0 Å². The molecule has 0 aliphatic heterocycles. The van der Waals surface area contributed by atoms with E-state index in [0.29, 0.717) is 5.92 Å². The molecular formula is C10H15BrN2O2. The van der Waals surface area contributed by atoms with Crippen molar-refractivity contribution in [3.05, 3.63) is 22.6 Å². The summed E-state index contributed by atoms with van der Waals surface area (Å²) in [4.78, 5) is 0. The number of nitrogens with two attached hydrogens (primary N) is 1. The molecule has 1 aliphatic rings. The molecule has 0 radical (unpaired) electrons. The van der Waals surface area contributed by atoms with E-state index in [-0.39, 0.29) is 12.1 Å². The Bertz CT molecular complexity index is 325. The van der Waals surface area contributed by atoms with Crippen molar-refractivity contribution in [2.75, 3.05) is 7.11 Å².